The molecule has 4 unspecified atom stereocenters. The zero-order valence-corrected chi connectivity index (χ0v) is 12.1. The van der Waals surface area contributed by atoms with Crippen molar-refractivity contribution in [3.63, 3.8) is 0 Å². The predicted octanol–water partition coefficient (Wildman–Crippen LogP) is 3.00. The molecule has 1 N–H and O–H groups in total. The lowest BCUT2D eigenvalue weighted by atomic mass is 9.70. The SMILES string of the molecule is CC1CC(N2CCC(C)C2C(=O)O)CC(C)(C)C1. The van der Waals surface area contributed by atoms with Crippen LogP contribution in [0.4, 0.5) is 0 Å². The van der Waals surface area contributed by atoms with Crippen molar-refractivity contribution in [3.8, 4) is 0 Å². The number of likely N-dealkylation sites (tertiary alicyclic amines) is 1. The van der Waals surface area contributed by atoms with Crippen LogP contribution >= 0.6 is 0 Å². The maximum absolute atomic E-state index is 11.5. The van der Waals surface area contributed by atoms with Gasteiger partial charge in [-0.15, -0.1) is 0 Å². The van der Waals surface area contributed by atoms with E-state index < -0.39 is 5.97 Å². The van der Waals surface area contributed by atoms with Gasteiger partial charge in [-0.25, -0.2) is 0 Å². The van der Waals surface area contributed by atoms with Crippen molar-refractivity contribution in [2.24, 2.45) is 17.3 Å². The maximum atomic E-state index is 11.5. The molecule has 3 heteroatoms. The van der Waals surface area contributed by atoms with Crippen LogP contribution in [0.5, 0.6) is 0 Å². The van der Waals surface area contributed by atoms with E-state index in [-0.39, 0.29) is 6.04 Å². The van der Waals surface area contributed by atoms with Crippen LogP contribution in [0.1, 0.15) is 53.4 Å². The highest BCUT2D eigenvalue weighted by molar-refractivity contribution is 5.74. The fraction of sp³-hybridized carbons (Fsp3) is 0.933. The number of hydrogen-bond acceptors (Lipinski definition) is 2. The summed E-state index contributed by atoms with van der Waals surface area (Å²) in [6.07, 6.45) is 4.61. The third-order valence-electron chi connectivity index (χ3n) is 4.82. The Bertz CT molecular complexity index is 326. The Kier molecular flexibility index (Phi) is 3.72. The fourth-order valence-corrected chi connectivity index (χ4v) is 4.32. The Morgan fingerprint density at radius 3 is 2.50 bits per heavy atom. The van der Waals surface area contributed by atoms with Crippen molar-refractivity contribution < 1.29 is 9.90 Å². The molecule has 1 saturated heterocycles. The van der Waals surface area contributed by atoms with Gasteiger partial charge >= 0.3 is 5.97 Å². The summed E-state index contributed by atoms with van der Waals surface area (Å²) in [5.41, 5.74) is 0.358. The van der Waals surface area contributed by atoms with Crippen molar-refractivity contribution >= 4 is 5.97 Å². The normalized spacial score (nSPS) is 40.9. The smallest absolute Gasteiger partial charge is 0.321 e. The van der Waals surface area contributed by atoms with Crippen molar-refractivity contribution in [2.45, 2.75) is 65.5 Å². The van der Waals surface area contributed by atoms with Crippen molar-refractivity contribution in [2.75, 3.05) is 6.54 Å². The van der Waals surface area contributed by atoms with Gasteiger partial charge in [0.25, 0.3) is 0 Å². The molecule has 0 aromatic heterocycles. The van der Waals surface area contributed by atoms with Gasteiger partial charge in [-0.3, -0.25) is 9.69 Å². The van der Waals surface area contributed by atoms with Gasteiger partial charge in [-0.2, -0.15) is 0 Å². The zero-order valence-electron chi connectivity index (χ0n) is 12.1. The van der Waals surface area contributed by atoms with Gasteiger partial charge < -0.3 is 5.11 Å². The Hall–Kier alpha value is -0.570. The molecule has 1 saturated carbocycles. The first-order valence-corrected chi connectivity index (χ1v) is 7.29. The second kappa shape index (κ2) is 4.84. The van der Waals surface area contributed by atoms with Crippen LogP contribution in [0.2, 0.25) is 0 Å². The Morgan fingerprint density at radius 1 is 1.28 bits per heavy atom. The lowest BCUT2D eigenvalue weighted by Crippen LogP contribution is -2.49. The molecule has 4 atom stereocenters. The van der Waals surface area contributed by atoms with Crippen molar-refractivity contribution in [3.05, 3.63) is 0 Å². The number of carboxylic acids is 1. The van der Waals surface area contributed by atoms with Crippen LogP contribution in [-0.2, 0) is 4.79 Å². The summed E-state index contributed by atoms with van der Waals surface area (Å²) >= 11 is 0. The van der Waals surface area contributed by atoms with E-state index in [1.54, 1.807) is 0 Å². The molecule has 0 spiro atoms. The Labute approximate surface area is 111 Å². The fourth-order valence-electron chi connectivity index (χ4n) is 4.32. The first kappa shape index (κ1) is 13.9. The molecule has 18 heavy (non-hydrogen) atoms. The molecule has 2 rings (SSSR count). The van der Waals surface area contributed by atoms with Crippen molar-refractivity contribution in [1.82, 2.24) is 4.90 Å². The van der Waals surface area contributed by atoms with Gasteiger partial charge in [0.2, 0.25) is 0 Å². The van der Waals surface area contributed by atoms with E-state index in [0.717, 1.165) is 19.4 Å². The molecular formula is C15H27NO2. The summed E-state index contributed by atoms with van der Waals surface area (Å²) in [5.74, 6) is 0.378. The molecule has 0 aromatic rings. The third-order valence-corrected chi connectivity index (χ3v) is 4.82. The topological polar surface area (TPSA) is 40.5 Å². The molecule has 1 aliphatic heterocycles. The molecule has 0 aromatic carbocycles. The van der Waals surface area contributed by atoms with E-state index in [1.807, 2.05) is 0 Å². The minimum absolute atomic E-state index is 0.254. The van der Waals surface area contributed by atoms with Gasteiger partial charge in [0.05, 0.1) is 0 Å². The van der Waals surface area contributed by atoms with Gasteiger partial charge in [0.1, 0.15) is 6.04 Å². The molecule has 1 aliphatic carbocycles. The standard InChI is InChI=1S/C15H27NO2/c1-10-7-12(9-15(3,4)8-10)16-6-5-11(2)13(16)14(17)18/h10-13H,5-9H2,1-4H3,(H,17,18). The monoisotopic (exact) mass is 253 g/mol. The number of carboxylic acid groups (broad SMARTS) is 1. The average molecular weight is 253 g/mol. The van der Waals surface area contributed by atoms with E-state index in [4.69, 9.17) is 0 Å². The van der Waals surface area contributed by atoms with Gasteiger partial charge in [0, 0.05) is 6.04 Å². The number of aliphatic carboxylic acids is 1. The van der Waals surface area contributed by atoms with Crippen LogP contribution in [0, 0.1) is 17.3 Å². The van der Waals surface area contributed by atoms with Crippen LogP contribution in [0.25, 0.3) is 0 Å². The van der Waals surface area contributed by atoms with Crippen molar-refractivity contribution in [1.29, 1.82) is 0 Å². The molecule has 2 fully saturated rings. The Morgan fingerprint density at radius 2 is 1.94 bits per heavy atom. The number of nitrogens with zero attached hydrogens (tertiary/aromatic N) is 1. The lowest BCUT2D eigenvalue weighted by Gasteiger charge is -2.44. The minimum Gasteiger partial charge on any atom is -0.480 e. The highest BCUT2D eigenvalue weighted by atomic mass is 16.4. The molecule has 2 aliphatic rings. The summed E-state index contributed by atoms with van der Waals surface area (Å²) in [5, 5.41) is 9.44. The molecule has 0 amide bonds. The van der Waals surface area contributed by atoms with Gasteiger partial charge in [0.15, 0.2) is 0 Å². The van der Waals surface area contributed by atoms with Gasteiger partial charge in [-0.1, -0.05) is 27.7 Å². The number of hydrogen-bond donors (Lipinski definition) is 1. The summed E-state index contributed by atoms with van der Waals surface area (Å²) < 4.78 is 0. The van der Waals surface area contributed by atoms with Gasteiger partial charge in [-0.05, 0) is 49.5 Å². The molecule has 0 radical (unpaired) electrons. The van der Waals surface area contributed by atoms with E-state index in [9.17, 15) is 9.90 Å². The Balaban J connectivity index is 2.13. The lowest BCUT2D eigenvalue weighted by molar-refractivity contribution is -0.145. The van der Waals surface area contributed by atoms with Crippen LogP contribution in [-0.4, -0.2) is 34.6 Å². The summed E-state index contributed by atoms with van der Waals surface area (Å²) in [7, 11) is 0. The van der Waals surface area contributed by atoms with E-state index in [2.05, 4.69) is 32.6 Å². The molecular weight excluding hydrogens is 226 g/mol. The predicted molar refractivity (Wildman–Crippen MR) is 72.5 cm³/mol. The molecule has 3 nitrogen and oxygen atoms in total. The number of rotatable bonds is 2. The molecule has 104 valence electrons. The summed E-state index contributed by atoms with van der Waals surface area (Å²) in [4.78, 5) is 13.7. The molecule has 1 heterocycles. The zero-order chi connectivity index (χ0) is 13.5. The highest BCUT2D eigenvalue weighted by Crippen LogP contribution is 2.42. The minimum atomic E-state index is -0.629. The van der Waals surface area contributed by atoms with E-state index >= 15 is 0 Å². The van der Waals surface area contributed by atoms with Crippen LogP contribution in [0.15, 0.2) is 0 Å². The molecule has 0 bridgehead atoms. The second-order valence-electron chi connectivity index (χ2n) is 7.35. The highest BCUT2D eigenvalue weighted by Gasteiger charge is 2.43. The number of carbonyl (C=O) groups is 1. The van der Waals surface area contributed by atoms with Crippen LogP contribution in [0.3, 0.4) is 0 Å². The van der Waals surface area contributed by atoms with E-state index in [0.29, 0.717) is 23.3 Å². The largest absolute Gasteiger partial charge is 0.480 e. The quantitative estimate of drug-likeness (QED) is 0.822. The summed E-state index contributed by atoms with van der Waals surface area (Å²) in [6, 6.07) is 0.214. The second-order valence-corrected chi connectivity index (χ2v) is 7.35. The first-order valence-electron chi connectivity index (χ1n) is 7.29. The third kappa shape index (κ3) is 2.71. The summed E-state index contributed by atoms with van der Waals surface area (Å²) in [6.45, 7) is 10.0. The van der Waals surface area contributed by atoms with Crippen LogP contribution < -0.4 is 0 Å². The maximum Gasteiger partial charge on any atom is 0.321 e. The first-order chi connectivity index (χ1) is 8.30. The average Bonchev–Trinajstić information content (AvgIpc) is 2.56. The van der Waals surface area contributed by atoms with E-state index in [1.165, 1.54) is 12.8 Å².